The van der Waals surface area contributed by atoms with Gasteiger partial charge in [-0.25, -0.2) is 4.98 Å². The van der Waals surface area contributed by atoms with Gasteiger partial charge in [-0.2, -0.15) is 5.26 Å². The normalized spacial score (nSPS) is 11.9. The molecule has 1 aromatic carbocycles. The first-order valence-corrected chi connectivity index (χ1v) is 10.2. The zero-order valence-corrected chi connectivity index (χ0v) is 16.8. The van der Waals surface area contributed by atoms with Crippen LogP contribution in [0.15, 0.2) is 29.1 Å². The molecule has 0 spiro atoms. The molecule has 0 saturated carbocycles. The van der Waals surface area contributed by atoms with Crippen molar-refractivity contribution in [3.63, 3.8) is 0 Å². The van der Waals surface area contributed by atoms with Crippen molar-refractivity contribution in [2.75, 3.05) is 5.32 Å². The monoisotopic (exact) mass is 398 g/mol. The number of rotatable bonds is 5. The van der Waals surface area contributed by atoms with E-state index in [2.05, 4.69) is 15.3 Å². The highest BCUT2D eigenvalue weighted by atomic mass is 32.2. The van der Waals surface area contributed by atoms with Gasteiger partial charge in [-0.05, 0) is 50.6 Å². The van der Waals surface area contributed by atoms with E-state index < -0.39 is 0 Å². The smallest absolute Gasteiger partial charge is 0.259 e. The van der Waals surface area contributed by atoms with Gasteiger partial charge in [0.1, 0.15) is 10.7 Å². The van der Waals surface area contributed by atoms with Crippen molar-refractivity contribution in [1.29, 1.82) is 5.26 Å². The Morgan fingerprint density at radius 2 is 2.07 bits per heavy atom. The molecule has 0 aliphatic heterocycles. The average molecular weight is 399 g/mol. The van der Waals surface area contributed by atoms with Gasteiger partial charge in [0.15, 0.2) is 0 Å². The minimum Gasteiger partial charge on any atom is -0.325 e. The molecule has 0 unspecified atom stereocenters. The van der Waals surface area contributed by atoms with Crippen LogP contribution in [0.3, 0.4) is 0 Å². The van der Waals surface area contributed by atoms with Gasteiger partial charge in [0.25, 0.3) is 5.56 Å². The molecule has 2 aromatic heterocycles. The molecule has 8 heteroatoms. The quantitative estimate of drug-likeness (QED) is 0.682. The number of carbonyl (C=O) groups is 1. The maximum absolute atomic E-state index is 12.3. The lowest BCUT2D eigenvalue weighted by atomic mass is 10.2. The number of thioether (sulfide) groups is 1. The Balaban J connectivity index is 1.65. The Morgan fingerprint density at radius 1 is 1.37 bits per heavy atom. The number of aromatic amines is 1. The molecule has 0 fully saturated rings. The van der Waals surface area contributed by atoms with Crippen LogP contribution in [0.25, 0.3) is 10.2 Å². The third-order valence-corrected chi connectivity index (χ3v) is 6.46. The van der Waals surface area contributed by atoms with Gasteiger partial charge < -0.3 is 10.3 Å². The topological polar surface area (TPSA) is 98.6 Å². The maximum Gasteiger partial charge on any atom is 0.259 e. The van der Waals surface area contributed by atoms with E-state index >= 15 is 0 Å². The fraction of sp³-hybridized carbons (Fsp3) is 0.263. The molecule has 27 heavy (non-hydrogen) atoms. The fourth-order valence-corrected chi connectivity index (χ4v) is 4.32. The lowest BCUT2D eigenvalue weighted by Crippen LogP contribution is -2.23. The van der Waals surface area contributed by atoms with Crippen LogP contribution in [0.2, 0.25) is 0 Å². The Bertz CT molecular complexity index is 1090. The van der Waals surface area contributed by atoms with Gasteiger partial charge in [0.05, 0.1) is 28.0 Å². The summed E-state index contributed by atoms with van der Waals surface area (Å²) in [5.74, 6) is 0.857. The molecule has 0 radical (unpaired) electrons. The second-order valence-electron chi connectivity index (χ2n) is 6.11. The lowest BCUT2D eigenvalue weighted by Gasteiger charge is -2.11. The number of aryl methyl sites for hydroxylation is 2. The van der Waals surface area contributed by atoms with Crippen LogP contribution < -0.4 is 10.9 Å². The molecule has 1 amide bonds. The fourth-order valence-electron chi connectivity index (χ4n) is 2.52. The van der Waals surface area contributed by atoms with Crippen LogP contribution in [-0.2, 0) is 10.5 Å². The van der Waals surface area contributed by atoms with E-state index in [1.165, 1.54) is 23.1 Å². The summed E-state index contributed by atoms with van der Waals surface area (Å²) in [6.07, 6.45) is 0. The average Bonchev–Trinajstić information content (AvgIpc) is 2.94. The minimum absolute atomic E-state index is 0.132. The summed E-state index contributed by atoms with van der Waals surface area (Å²) in [6.45, 7) is 5.71. The highest BCUT2D eigenvalue weighted by Crippen LogP contribution is 2.26. The molecule has 0 aliphatic rings. The molecule has 2 N–H and O–H groups in total. The molecule has 2 heterocycles. The van der Waals surface area contributed by atoms with E-state index in [9.17, 15) is 9.59 Å². The standard InChI is InChI=1S/C19H18N4O2S2/c1-10-11(2)27-19-16(10)18(25)22-15(23-19)9-26-12(3)17(24)21-14-6-4-13(8-20)5-7-14/h4-7,12H,9H2,1-3H3,(H,21,24)(H,22,23,25)/t12-/m0/s1. The number of benzene rings is 1. The van der Waals surface area contributed by atoms with E-state index in [0.29, 0.717) is 28.2 Å². The number of anilines is 1. The summed E-state index contributed by atoms with van der Waals surface area (Å²) in [7, 11) is 0. The van der Waals surface area contributed by atoms with Gasteiger partial charge >= 0.3 is 0 Å². The lowest BCUT2D eigenvalue weighted by molar-refractivity contribution is -0.115. The summed E-state index contributed by atoms with van der Waals surface area (Å²) in [4.78, 5) is 33.8. The molecular formula is C19H18N4O2S2. The van der Waals surface area contributed by atoms with Crippen LogP contribution in [0.4, 0.5) is 5.69 Å². The van der Waals surface area contributed by atoms with Crippen LogP contribution in [0.5, 0.6) is 0 Å². The molecular weight excluding hydrogens is 380 g/mol. The number of carbonyl (C=O) groups excluding carboxylic acids is 1. The Hall–Kier alpha value is -2.63. The molecule has 0 saturated heterocycles. The number of H-pyrrole nitrogens is 1. The molecule has 0 aliphatic carbocycles. The molecule has 138 valence electrons. The summed E-state index contributed by atoms with van der Waals surface area (Å²) in [6, 6.07) is 8.74. The van der Waals surface area contributed by atoms with E-state index in [1.807, 2.05) is 19.9 Å². The first-order valence-electron chi connectivity index (χ1n) is 8.30. The zero-order valence-electron chi connectivity index (χ0n) is 15.1. The Kier molecular flexibility index (Phi) is 5.63. The highest BCUT2D eigenvalue weighted by molar-refractivity contribution is 7.99. The van der Waals surface area contributed by atoms with Gasteiger partial charge in [0.2, 0.25) is 5.91 Å². The van der Waals surface area contributed by atoms with Crippen LogP contribution in [0.1, 0.15) is 28.8 Å². The zero-order chi connectivity index (χ0) is 19.6. The largest absolute Gasteiger partial charge is 0.325 e. The highest BCUT2D eigenvalue weighted by Gasteiger charge is 2.16. The molecule has 6 nitrogen and oxygen atoms in total. The number of aromatic nitrogens is 2. The second kappa shape index (κ2) is 7.94. The van der Waals surface area contributed by atoms with E-state index in [-0.39, 0.29) is 16.7 Å². The summed E-state index contributed by atoms with van der Waals surface area (Å²) < 4.78 is 0. The van der Waals surface area contributed by atoms with Gasteiger partial charge in [-0.15, -0.1) is 23.1 Å². The Labute approximate surface area is 164 Å². The first kappa shape index (κ1) is 19.1. The van der Waals surface area contributed by atoms with Gasteiger partial charge in [-0.1, -0.05) is 0 Å². The number of hydrogen-bond donors (Lipinski definition) is 2. The molecule has 3 rings (SSSR count). The predicted octanol–water partition coefficient (Wildman–Crippen LogP) is 3.73. The minimum atomic E-state index is -0.326. The van der Waals surface area contributed by atoms with Gasteiger partial charge in [0, 0.05) is 10.6 Å². The van der Waals surface area contributed by atoms with Crippen molar-refractivity contribution in [1.82, 2.24) is 9.97 Å². The first-order chi connectivity index (χ1) is 12.9. The molecule has 0 bridgehead atoms. The van der Waals surface area contributed by atoms with Crippen molar-refractivity contribution in [3.05, 3.63) is 56.4 Å². The number of nitriles is 1. The van der Waals surface area contributed by atoms with Crippen molar-refractivity contribution in [3.8, 4) is 6.07 Å². The van der Waals surface area contributed by atoms with E-state index in [0.717, 1.165) is 15.3 Å². The van der Waals surface area contributed by atoms with Crippen molar-refractivity contribution >= 4 is 44.9 Å². The summed E-state index contributed by atoms with van der Waals surface area (Å²) in [5, 5.41) is 12.0. The third-order valence-electron chi connectivity index (χ3n) is 4.21. The summed E-state index contributed by atoms with van der Waals surface area (Å²) >= 11 is 2.91. The van der Waals surface area contributed by atoms with Crippen molar-refractivity contribution < 1.29 is 4.79 Å². The van der Waals surface area contributed by atoms with E-state index in [4.69, 9.17) is 5.26 Å². The number of nitrogens with one attached hydrogen (secondary N) is 2. The number of thiophene rings is 1. The van der Waals surface area contributed by atoms with Gasteiger partial charge in [-0.3, -0.25) is 9.59 Å². The number of fused-ring (bicyclic) bond motifs is 1. The van der Waals surface area contributed by atoms with Crippen molar-refractivity contribution in [2.45, 2.75) is 31.8 Å². The van der Waals surface area contributed by atoms with Crippen LogP contribution >= 0.6 is 23.1 Å². The second-order valence-corrected chi connectivity index (χ2v) is 8.64. The number of nitrogens with zero attached hydrogens (tertiary/aromatic N) is 2. The SMILES string of the molecule is Cc1sc2nc(CS[C@@H](C)C(=O)Nc3ccc(C#N)cc3)[nH]c(=O)c2c1C. The number of hydrogen-bond acceptors (Lipinski definition) is 6. The van der Waals surface area contributed by atoms with Crippen molar-refractivity contribution in [2.24, 2.45) is 0 Å². The maximum atomic E-state index is 12.3. The summed E-state index contributed by atoms with van der Waals surface area (Å²) in [5.41, 5.74) is 2.02. The third kappa shape index (κ3) is 4.21. The van der Waals surface area contributed by atoms with E-state index in [1.54, 1.807) is 31.2 Å². The number of amides is 1. The van der Waals surface area contributed by atoms with Crippen LogP contribution in [0, 0.1) is 25.2 Å². The predicted molar refractivity (Wildman–Crippen MR) is 110 cm³/mol. The van der Waals surface area contributed by atoms with Crippen LogP contribution in [-0.4, -0.2) is 21.1 Å². The Morgan fingerprint density at radius 3 is 2.74 bits per heavy atom. The molecule has 1 atom stereocenters. The molecule has 3 aromatic rings.